The van der Waals surface area contributed by atoms with E-state index < -0.39 is 33.2 Å². The zero-order chi connectivity index (χ0) is 17.0. The summed E-state index contributed by atoms with van der Waals surface area (Å²) in [6.07, 6.45) is 3.29. The standard InChI is InChI=1S/C17H21NO5/c1-16-6-3-7-17(2,15(20)21)14(16)5-4-10-8-12(18(22)23)13(19)9-11(10)16/h8-9,14,19H,3-7H2,1-2H3,(H,20,21)/p-2/t14-,16+,17-/m1/s1. The predicted molar refractivity (Wildman–Crippen MR) is 78.7 cm³/mol. The first-order valence-electron chi connectivity index (χ1n) is 7.90. The van der Waals surface area contributed by atoms with E-state index in [-0.39, 0.29) is 5.92 Å². The van der Waals surface area contributed by atoms with Gasteiger partial charge in [0.25, 0.3) is 5.69 Å². The average Bonchev–Trinajstić information content (AvgIpc) is 2.46. The van der Waals surface area contributed by atoms with Crippen LogP contribution in [0.15, 0.2) is 12.1 Å². The van der Waals surface area contributed by atoms with Gasteiger partial charge in [-0.1, -0.05) is 26.3 Å². The van der Waals surface area contributed by atoms with Crippen molar-refractivity contribution in [3.8, 4) is 5.75 Å². The Kier molecular flexibility index (Phi) is 3.39. The Morgan fingerprint density at radius 2 is 2.00 bits per heavy atom. The van der Waals surface area contributed by atoms with Crippen LogP contribution in [0.2, 0.25) is 0 Å². The lowest BCUT2D eigenvalue weighted by Crippen LogP contribution is -2.56. The summed E-state index contributed by atoms with van der Waals surface area (Å²) in [5, 5.41) is 34.8. The highest BCUT2D eigenvalue weighted by atomic mass is 16.6. The molecule has 1 aromatic rings. The molecule has 3 rings (SSSR count). The third kappa shape index (κ3) is 2.11. The van der Waals surface area contributed by atoms with Crippen LogP contribution in [-0.4, -0.2) is 10.9 Å². The summed E-state index contributed by atoms with van der Waals surface area (Å²) in [7, 11) is 0. The van der Waals surface area contributed by atoms with Crippen molar-refractivity contribution < 1.29 is 19.9 Å². The van der Waals surface area contributed by atoms with Gasteiger partial charge in [0.05, 0.1) is 4.92 Å². The number of aryl methyl sites for hydroxylation is 1. The monoisotopic (exact) mass is 317 g/mol. The second-order valence-electron chi connectivity index (χ2n) is 7.30. The maximum absolute atomic E-state index is 12.1. The summed E-state index contributed by atoms with van der Waals surface area (Å²) >= 11 is 0. The fraction of sp³-hybridized carbons (Fsp3) is 0.588. The summed E-state index contributed by atoms with van der Waals surface area (Å²) < 4.78 is 0. The van der Waals surface area contributed by atoms with Crippen molar-refractivity contribution >= 4 is 11.7 Å². The van der Waals surface area contributed by atoms with E-state index in [1.807, 2.05) is 6.92 Å². The lowest BCUT2D eigenvalue weighted by atomic mass is 9.50. The van der Waals surface area contributed by atoms with Crippen LogP contribution in [-0.2, 0) is 16.6 Å². The minimum Gasteiger partial charge on any atom is -0.868 e. The number of benzene rings is 1. The van der Waals surface area contributed by atoms with Crippen LogP contribution >= 0.6 is 0 Å². The molecule has 6 heteroatoms. The molecule has 1 saturated carbocycles. The van der Waals surface area contributed by atoms with Crippen LogP contribution in [0, 0.1) is 21.4 Å². The summed E-state index contributed by atoms with van der Waals surface area (Å²) in [4.78, 5) is 22.1. The number of nitro benzene ring substituents is 1. The van der Waals surface area contributed by atoms with Gasteiger partial charge in [0.2, 0.25) is 0 Å². The van der Waals surface area contributed by atoms with Crippen molar-refractivity contribution in [1.82, 2.24) is 0 Å². The van der Waals surface area contributed by atoms with Gasteiger partial charge in [-0.15, -0.1) is 0 Å². The first-order valence-corrected chi connectivity index (χ1v) is 7.90. The van der Waals surface area contributed by atoms with Crippen molar-refractivity contribution in [2.45, 2.75) is 51.4 Å². The quantitative estimate of drug-likeness (QED) is 0.606. The van der Waals surface area contributed by atoms with Gasteiger partial charge >= 0.3 is 0 Å². The zero-order valence-corrected chi connectivity index (χ0v) is 13.3. The molecule has 0 bridgehead atoms. The van der Waals surface area contributed by atoms with Crippen molar-refractivity contribution in [2.24, 2.45) is 11.3 Å². The number of aliphatic carboxylic acids is 1. The Morgan fingerprint density at radius 1 is 1.30 bits per heavy atom. The lowest BCUT2D eigenvalue weighted by molar-refractivity contribution is -0.398. The fourth-order valence-corrected chi connectivity index (χ4v) is 4.87. The Morgan fingerprint density at radius 3 is 2.61 bits per heavy atom. The third-order valence-corrected chi connectivity index (χ3v) is 6.10. The number of rotatable bonds is 2. The van der Waals surface area contributed by atoms with E-state index >= 15 is 0 Å². The molecule has 0 N–H and O–H groups in total. The van der Waals surface area contributed by atoms with Crippen LogP contribution in [0.4, 0.5) is 5.69 Å². The Balaban J connectivity index is 2.15. The van der Waals surface area contributed by atoms with E-state index in [9.17, 15) is 25.1 Å². The molecule has 1 aromatic carbocycles. The maximum Gasteiger partial charge on any atom is 0.262 e. The first-order chi connectivity index (χ1) is 10.7. The maximum atomic E-state index is 12.1. The van der Waals surface area contributed by atoms with E-state index in [1.165, 1.54) is 12.1 Å². The molecule has 0 saturated heterocycles. The number of hydrogen-bond acceptors (Lipinski definition) is 5. The van der Waals surface area contributed by atoms with E-state index in [1.54, 1.807) is 6.92 Å². The first kappa shape index (κ1) is 15.8. The SMILES string of the molecule is C[C@@]1(C(=O)[O-])CCC[C@@]2(C)c3cc([O-])c([N+](=O)[O-])cc3CC[C@@H]12. The van der Waals surface area contributed by atoms with Crippen molar-refractivity contribution in [3.63, 3.8) is 0 Å². The second kappa shape index (κ2) is 4.94. The summed E-state index contributed by atoms with van der Waals surface area (Å²) in [5.74, 6) is -1.76. The van der Waals surface area contributed by atoms with E-state index in [0.717, 1.165) is 24.0 Å². The van der Waals surface area contributed by atoms with Gasteiger partial charge in [0.15, 0.2) is 0 Å². The van der Waals surface area contributed by atoms with Crippen LogP contribution in [0.1, 0.15) is 50.7 Å². The van der Waals surface area contributed by atoms with Gasteiger partial charge in [0.1, 0.15) is 0 Å². The Labute approximate surface area is 134 Å². The van der Waals surface area contributed by atoms with Crippen LogP contribution in [0.25, 0.3) is 0 Å². The van der Waals surface area contributed by atoms with Gasteiger partial charge < -0.3 is 15.0 Å². The van der Waals surface area contributed by atoms with E-state index in [4.69, 9.17) is 0 Å². The minimum absolute atomic E-state index is 0.123. The molecule has 124 valence electrons. The van der Waals surface area contributed by atoms with Gasteiger partial charge in [-0.05, 0) is 53.9 Å². The largest absolute Gasteiger partial charge is 0.868 e. The molecule has 0 heterocycles. The molecule has 0 spiro atoms. The normalized spacial score (nSPS) is 32.7. The van der Waals surface area contributed by atoms with E-state index in [0.29, 0.717) is 19.3 Å². The Bertz CT molecular complexity index is 700. The molecule has 0 amide bonds. The molecular weight excluding hydrogens is 298 g/mol. The molecule has 0 aliphatic heterocycles. The number of carboxylic acid groups (broad SMARTS) is 1. The molecule has 23 heavy (non-hydrogen) atoms. The highest BCUT2D eigenvalue weighted by Gasteiger charge is 2.52. The van der Waals surface area contributed by atoms with E-state index in [2.05, 4.69) is 0 Å². The highest BCUT2D eigenvalue weighted by Crippen LogP contribution is 2.57. The molecule has 6 nitrogen and oxygen atoms in total. The lowest BCUT2D eigenvalue weighted by Gasteiger charge is -2.56. The number of carboxylic acids is 1. The van der Waals surface area contributed by atoms with Gasteiger partial charge in [0, 0.05) is 17.5 Å². The molecule has 1 fully saturated rings. The van der Waals surface area contributed by atoms with Crippen molar-refractivity contribution in [3.05, 3.63) is 33.4 Å². The zero-order valence-electron chi connectivity index (χ0n) is 13.3. The molecule has 0 aromatic heterocycles. The summed E-state index contributed by atoms with van der Waals surface area (Å²) in [6.45, 7) is 3.72. The van der Waals surface area contributed by atoms with Crippen LogP contribution in [0.3, 0.4) is 0 Å². The third-order valence-electron chi connectivity index (χ3n) is 6.10. The van der Waals surface area contributed by atoms with Crippen molar-refractivity contribution in [2.75, 3.05) is 0 Å². The molecule has 3 atom stereocenters. The fourth-order valence-electron chi connectivity index (χ4n) is 4.87. The number of hydrogen-bond donors (Lipinski definition) is 0. The highest BCUT2D eigenvalue weighted by molar-refractivity contribution is 5.73. The summed E-state index contributed by atoms with van der Waals surface area (Å²) in [5.41, 5.74) is -0.178. The average molecular weight is 317 g/mol. The van der Waals surface area contributed by atoms with Crippen molar-refractivity contribution in [1.29, 1.82) is 0 Å². The predicted octanol–water partition coefficient (Wildman–Crippen LogP) is 1.43. The van der Waals surface area contributed by atoms with Gasteiger partial charge in [-0.25, -0.2) is 0 Å². The van der Waals surface area contributed by atoms with Crippen LogP contribution in [0.5, 0.6) is 5.75 Å². The Hall–Kier alpha value is -2.11. The molecule has 0 unspecified atom stereocenters. The molecule has 2 aliphatic rings. The molecular formula is C17H19NO5-2. The molecule has 0 radical (unpaired) electrons. The number of carbonyl (C=O) groups is 1. The topological polar surface area (TPSA) is 106 Å². The minimum atomic E-state index is -1.04. The number of nitrogens with zero attached hydrogens (tertiary/aromatic N) is 1. The summed E-state index contributed by atoms with van der Waals surface area (Å²) in [6, 6.07) is 2.74. The van der Waals surface area contributed by atoms with Gasteiger partial charge in [-0.3, -0.25) is 10.1 Å². The number of fused-ring (bicyclic) bond motifs is 3. The van der Waals surface area contributed by atoms with Crippen LogP contribution < -0.4 is 10.2 Å². The second-order valence-corrected chi connectivity index (χ2v) is 7.30. The van der Waals surface area contributed by atoms with Gasteiger partial charge in [-0.2, -0.15) is 0 Å². The number of carbonyl (C=O) groups excluding carboxylic acids is 1. The number of nitro groups is 1. The smallest absolute Gasteiger partial charge is 0.262 e. The molecule has 2 aliphatic carbocycles.